The molecule has 1 N–H and O–H groups in total. The zero-order valence-corrected chi connectivity index (χ0v) is 10.9. The number of pyridine rings is 1. The van der Waals surface area contributed by atoms with Gasteiger partial charge in [0.05, 0.1) is 5.69 Å². The van der Waals surface area contributed by atoms with Crippen LogP contribution in [-0.2, 0) is 13.1 Å². The zero-order chi connectivity index (χ0) is 12.5. The van der Waals surface area contributed by atoms with E-state index in [1.807, 2.05) is 12.3 Å². The summed E-state index contributed by atoms with van der Waals surface area (Å²) in [6, 6.07) is 4.25. The first-order chi connectivity index (χ1) is 8.26. The van der Waals surface area contributed by atoms with Crippen molar-refractivity contribution in [3.05, 3.63) is 42.2 Å². The second-order valence-electron chi connectivity index (χ2n) is 4.25. The zero-order valence-electron chi connectivity index (χ0n) is 10.9. The van der Waals surface area contributed by atoms with E-state index >= 15 is 0 Å². The molecule has 0 aliphatic rings. The van der Waals surface area contributed by atoms with Crippen molar-refractivity contribution in [1.29, 1.82) is 0 Å². The average molecular weight is 233 g/mol. The minimum Gasteiger partial charge on any atom is -0.313 e. The smallest absolute Gasteiger partial charge is 0.0544 e. The van der Waals surface area contributed by atoms with Crippen molar-refractivity contribution in [2.45, 2.75) is 26.4 Å². The molecule has 94 valence electrons. The van der Waals surface area contributed by atoms with Crippen LogP contribution in [0.4, 0.5) is 0 Å². The van der Waals surface area contributed by atoms with Crippen molar-refractivity contribution in [3.8, 4) is 0 Å². The van der Waals surface area contributed by atoms with Gasteiger partial charge < -0.3 is 10.2 Å². The molecule has 0 bridgehead atoms. The van der Waals surface area contributed by atoms with Gasteiger partial charge in [-0.1, -0.05) is 19.1 Å². The molecule has 0 saturated carbocycles. The van der Waals surface area contributed by atoms with Crippen LogP contribution in [0.1, 0.15) is 24.6 Å². The predicted molar refractivity (Wildman–Crippen MR) is 72.8 cm³/mol. The van der Waals surface area contributed by atoms with Crippen LogP contribution in [-0.4, -0.2) is 30.0 Å². The molecule has 0 aliphatic heterocycles. The first-order valence-corrected chi connectivity index (χ1v) is 6.20. The fourth-order valence-electron chi connectivity index (χ4n) is 1.59. The van der Waals surface area contributed by atoms with Gasteiger partial charge in [-0.05, 0) is 31.6 Å². The van der Waals surface area contributed by atoms with Crippen LogP contribution in [0.2, 0.25) is 0 Å². The normalized spacial score (nSPS) is 10.8. The maximum atomic E-state index is 4.47. The minimum absolute atomic E-state index is 0.898. The summed E-state index contributed by atoms with van der Waals surface area (Å²) in [5, 5.41) is 3.29. The SMILES string of the molecule is C=CCCN(C)Cc1ccc(CNCC)cn1. The largest absolute Gasteiger partial charge is 0.313 e. The molecule has 1 heterocycles. The van der Waals surface area contributed by atoms with E-state index in [-0.39, 0.29) is 0 Å². The molecule has 0 atom stereocenters. The van der Waals surface area contributed by atoms with Crippen LogP contribution in [0.15, 0.2) is 31.0 Å². The van der Waals surface area contributed by atoms with E-state index in [1.54, 1.807) is 0 Å². The lowest BCUT2D eigenvalue weighted by Gasteiger charge is -2.15. The highest BCUT2D eigenvalue weighted by atomic mass is 15.1. The summed E-state index contributed by atoms with van der Waals surface area (Å²) in [7, 11) is 2.11. The lowest BCUT2D eigenvalue weighted by Crippen LogP contribution is -2.19. The Morgan fingerprint density at radius 2 is 2.29 bits per heavy atom. The minimum atomic E-state index is 0.898. The summed E-state index contributed by atoms with van der Waals surface area (Å²) in [6.07, 6.45) is 4.93. The van der Waals surface area contributed by atoms with Crippen LogP contribution in [0, 0.1) is 0 Å². The van der Waals surface area contributed by atoms with Gasteiger partial charge in [-0.15, -0.1) is 6.58 Å². The third-order valence-electron chi connectivity index (χ3n) is 2.61. The molecule has 0 radical (unpaired) electrons. The van der Waals surface area contributed by atoms with Gasteiger partial charge in [0.25, 0.3) is 0 Å². The number of aromatic nitrogens is 1. The number of nitrogens with one attached hydrogen (secondary N) is 1. The maximum absolute atomic E-state index is 4.47. The molecule has 0 amide bonds. The van der Waals surface area contributed by atoms with E-state index in [0.717, 1.165) is 38.3 Å². The molecule has 1 aromatic rings. The van der Waals surface area contributed by atoms with E-state index in [4.69, 9.17) is 0 Å². The van der Waals surface area contributed by atoms with Crippen molar-refractivity contribution in [2.24, 2.45) is 0 Å². The number of rotatable bonds is 8. The Balaban J connectivity index is 2.41. The highest BCUT2D eigenvalue weighted by Gasteiger charge is 2.00. The van der Waals surface area contributed by atoms with Gasteiger partial charge >= 0.3 is 0 Å². The molecule has 0 aromatic carbocycles. The second-order valence-corrected chi connectivity index (χ2v) is 4.25. The van der Waals surface area contributed by atoms with Crippen molar-refractivity contribution >= 4 is 0 Å². The number of hydrogen-bond acceptors (Lipinski definition) is 3. The lowest BCUT2D eigenvalue weighted by molar-refractivity contribution is 0.329. The molecule has 0 aliphatic carbocycles. The van der Waals surface area contributed by atoms with Gasteiger partial charge in [0.2, 0.25) is 0 Å². The Morgan fingerprint density at radius 1 is 1.47 bits per heavy atom. The van der Waals surface area contributed by atoms with E-state index in [9.17, 15) is 0 Å². The lowest BCUT2D eigenvalue weighted by atomic mass is 10.2. The Kier molecular flexibility index (Phi) is 6.51. The summed E-state index contributed by atoms with van der Waals surface area (Å²) in [5.41, 5.74) is 2.36. The Morgan fingerprint density at radius 3 is 2.88 bits per heavy atom. The molecule has 0 fully saturated rings. The van der Waals surface area contributed by atoms with Gasteiger partial charge in [-0.2, -0.15) is 0 Å². The van der Waals surface area contributed by atoms with Gasteiger partial charge in [0.1, 0.15) is 0 Å². The maximum Gasteiger partial charge on any atom is 0.0544 e. The molecule has 17 heavy (non-hydrogen) atoms. The highest BCUT2D eigenvalue weighted by Crippen LogP contribution is 2.03. The summed E-state index contributed by atoms with van der Waals surface area (Å²) >= 11 is 0. The standard InChI is InChI=1S/C14H23N3/c1-4-6-9-17(3)12-14-8-7-13(11-16-14)10-15-5-2/h4,7-8,11,15H,1,5-6,9-10,12H2,2-3H3. The van der Waals surface area contributed by atoms with Gasteiger partial charge in [0, 0.05) is 25.8 Å². The Labute approximate surface area is 105 Å². The molecule has 0 saturated heterocycles. The summed E-state index contributed by atoms with van der Waals surface area (Å²) in [5.74, 6) is 0. The third kappa shape index (κ3) is 5.61. The van der Waals surface area contributed by atoms with Crippen LogP contribution >= 0.6 is 0 Å². The number of nitrogens with zero attached hydrogens (tertiary/aromatic N) is 2. The predicted octanol–water partition coefficient (Wildman–Crippen LogP) is 2.20. The summed E-state index contributed by atoms with van der Waals surface area (Å²) in [6.45, 7) is 9.66. The van der Waals surface area contributed by atoms with Crippen LogP contribution in [0.25, 0.3) is 0 Å². The van der Waals surface area contributed by atoms with Crippen LogP contribution in [0.3, 0.4) is 0 Å². The van der Waals surface area contributed by atoms with Crippen molar-refractivity contribution in [3.63, 3.8) is 0 Å². The third-order valence-corrected chi connectivity index (χ3v) is 2.61. The molecule has 3 heteroatoms. The molecule has 3 nitrogen and oxygen atoms in total. The molecular formula is C14H23N3. The van der Waals surface area contributed by atoms with Crippen molar-refractivity contribution < 1.29 is 0 Å². The highest BCUT2D eigenvalue weighted by molar-refractivity contribution is 5.13. The van der Waals surface area contributed by atoms with Crippen LogP contribution in [0.5, 0.6) is 0 Å². The number of hydrogen-bond donors (Lipinski definition) is 1. The topological polar surface area (TPSA) is 28.2 Å². The molecule has 1 rings (SSSR count). The fourth-order valence-corrected chi connectivity index (χ4v) is 1.59. The van der Waals surface area contributed by atoms with Gasteiger partial charge in [-0.3, -0.25) is 4.98 Å². The quantitative estimate of drug-likeness (QED) is 0.698. The van der Waals surface area contributed by atoms with Crippen LogP contribution < -0.4 is 5.32 Å². The Bertz CT molecular complexity index is 319. The van der Waals surface area contributed by atoms with E-state index < -0.39 is 0 Å². The van der Waals surface area contributed by atoms with E-state index in [0.29, 0.717) is 0 Å². The van der Waals surface area contributed by atoms with E-state index in [1.165, 1.54) is 5.56 Å². The fraction of sp³-hybridized carbons (Fsp3) is 0.500. The first kappa shape index (κ1) is 13.9. The van der Waals surface area contributed by atoms with Gasteiger partial charge in [-0.25, -0.2) is 0 Å². The average Bonchev–Trinajstić information content (AvgIpc) is 2.35. The van der Waals surface area contributed by atoms with Crippen molar-refractivity contribution in [2.75, 3.05) is 20.1 Å². The first-order valence-electron chi connectivity index (χ1n) is 6.20. The summed E-state index contributed by atoms with van der Waals surface area (Å²) < 4.78 is 0. The monoisotopic (exact) mass is 233 g/mol. The van der Waals surface area contributed by atoms with Crippen molar-refractivity contribution in [1.82, 2.24) is 15.2 Å². The molecular weight excluding hydrogens is 210 g/mol. The molecule has 1 aromatic heterocycles. The molecule has 0 unspecified atom stereocenters. The molecule has 0 spiro atoms. The van der Waals surface area contributed by atoms with Gasteiger partial charge in [0.15, 0.2) is 0 Å². The Hall–Kier alpha value is -1.19. The summed E-state index contributed by atoms with van der Waals surface area (Å²) in [4.78, 5) is 6.73. The van der Waals surface area contributed by atoms with E-state index in [2.05, 4.69) is 47.9 Å². The second kappa shape index (κ2) is 7.98.